The van der Waals surface area contributed by atoms with E-state index in [1.165, 1.54) is 11.6 Å². The van der Waals surface area contributed by atoms with Gasteiger partial charge < -0.3 is 9.88 Å². The molecule has 0 fully saturated rings. The first kappa shape index (κ1) is 22.0. The summed E-state index contributed by atoms with van der Waals surface area (Å²) < 4.78 is 32.0. The minimum atomic E-state index is -0.618. The molecule has 2 aliphatic rings. The Morgan fingerprint density at radius 2 is 1.91 bits per heavy atom. The second-order valence-corrected chi connectivity index (χ2v) is 9.94. The highest BCUT2D eigenvalue weighted by Gasteiger charge is 2.33. The van der Waals surface area contributed by atoms with Crippen molar-refractivity contribution >= 4 is 22.8 Å². The maximum Gasteiger partial charge on any atom is 0.229 e. The van der Waals surface area contributed by atoms with Crippen LogP contribution in [-0.4, -0.2) is 42.5 Å². The molecule has 5 heterocycles. The second kappa shape index (κ2) is 8.05. The van der Waals surface area contributed by atoms with Crippen molar-refractivity contribution in [2.75, 3.05) is 18.4 Å². The van der Waals surface area contributed by atoms with Crippen LogP contribution in [0.25, 0.3) is 22.3 Å². The van der Waals surface area contributed by atoms with E-state index in [1.807, 2.05) is 6.07 Å². The average Bonchev–Trinajstić information content (AvgIpc) is 3.37. The molecule has 1 N–H and O–H groups in total. The molecule has 0 saturated carbocycles. The molecule has 180 valence electrons. The Morgan fingerprint density at radius 3 is 2.74 bits per heavy atom. The summed E-state index contributed by atoms with van der Waals surface area (Å²) in [6, 6.07) is 7.01. The molecule has 0 unspecified atom stereocenters. The molecule has 0 radical (unpaired) electrons. The fourth-order valence-corrected chi connectivity index (χ4v) is 5.25. The highest BCUT2D eigenvalue weighted by Crippen LogP contribution is 2.38. The normalized spacial score (nSPS) is 16.9. The Bertz CT molecular complexity index is 1460. The van der Waals surface area contributed by atoms with Crippen LogP contribution in [-0.2, 0) is 24.9 Å². The van der Waals surface area contributed by atoms with Gasteiger partial charge >= 0.3 is 0 Å². The maximum atomic E-state index is 15.1. The third kappa shape index (κ3) is 3.74. The largest absolute Gasteiger partial charge is 0.322 e. The molecular formula is C26H27F2N7. The molecule has 6 rings (SSSR count). The summed E-state index contributed by atoms with van der Waals surface area (Å²) in [6.45, 7) is 9.24. The lowest BCUT2D eigenvalue weighted by Crippen LogP contribution is -2.30. The quantitative estimate of drug-likeness (QED) is 0.449. The number of halogens is 2. The molecule has 2 aliphatic heterocycles. The topological polar surface area (TPSA) is 71.8 Å². The fourth-order valence-electron chi connectivity index (χ4n) is 5.25. The Morgan fingerprint density at radius 1 is 1.06 bits per heavy atom. The number of anilines is 2. The van der Waals surface area contributed by atoms with E-state index in [0.29, 0.717) is 22.4 Å². The van der Waals surface area contributed by atoms with Gasteiger partial charge in [-0.05, 0) is 50.6 Å². The number of likely N-dealkylation sites (N-methyl/N-ethyl adjacent to an activating group) is 1. The Kier molecular flexibility index (Phi) is 5.07. The summed E-state index contributed by atoms with van der Waals surface area (Å²) in [5.74, 6) is 0.558. The van der Waals surface area contributed by atoms with Gasteiger partial charge in [-0.25, -0.2) is 28.7 Å². The van der Waals surface area contributed by atoms with Crippen LogP contribution in [0.4, 0.5) is 20.5 Å². The number of hydrogen-bond donors (Lipinski definition) is 1. The van der Waals surface area contributed by atoms with Crippen LogP contribution in [0.5, 0.6) is 0 Å². The van der Waals surface area contributed by atoms with E-state index in [-0.39, 0.29) is 17.2 Å². The number of aryl methyl sites for hydroxylation is 1. The molecule has 35 heavy (non-hydrogen) atoms. The molecule has 0 bridgehead atoms. The van der Waals surface area contributed by atoms with Crippen molar-refractivity contribution in [2.24, 2.45) is 0 Å². The van der Waals surface area contributed by atoms with Crippen molar-refractivity contribution in [3.05, 3.63) is 59.2 Å². The highest BCUT2D eigenvalue weighted by atomic mass is 19.1. The number of rotatable bonds is 4. The van der Waals surface area contributed by atoms with Gasteiger partial charge in [-0.3, -0.25) is 4.90 Å². The number of nitrogens with one attached hydrogen (secondary N) is 1. The second-order valence-electron chi connectivity index (χ2n) is 9.94. The van der Waals surface area contributed by atoms with Crippen LogP contribution in [0.2, 0.25) is 0 Å². The molecule has 3 aromatic heterocycles. The van der Waals surface area contributed by atoms with Crippen molar-refractivity contribution in [1.29, 1.82) is 0 Å². The number of benzene rings is 1. The van der Waals surface area contributed by atoms with Gasteiger partial charge in [0, 0.05) is 42.7 Å². The zero-order valence-electron chi connectivity index (χ0n) is 20.1. The minimum absolute atomic E-state index is 0.0335. The first-order valence-electron chi connectivity index (χ1n) is 12.0. The predicted octanol–water partition coefficient (Wildman–Crippen LogP) is 4.97. The Hall–Kier alpha value is -3.46. The number of fused-ring (bicyclic) bond motifs is 4. The molecule has 4 aromatic rings. The average molecular weight is 476 g/mol. The number of pyridine rings is 1. The molecule has 1 aromatic carbocycles. The van der Waals surface area contributed by atoms with Crippen molar-refractivity contribution in [3.8, 4) is 11.3 Å². The minimum Gasteiger partial charge on any atom is -0.322 e. The summed E-state index contributed by atoms with van der Waals surface area (Å²) in [5, 5.41) is 3.09. The molecule has 0 atom stereocenters. The molecule has 9 heteroatoms. The summed E-state index contributed by atoms with van der Waals surface area (Å²) in [5.41, 5.74) is 3.42. The zero-order valence-corrected chi connectivity index (χ0v) is 20.1. The van der Waals surface area contributed by atoms with E-state index < -0.39 is 11.6 Å². The zero-order chi connectivity index (χ0) is 24.3. The summed E-state index contributed by atoms with van der Waals surface area (Å²) in [7, 11) is 0. The molecule has 0 spiro atoms. The van der Waals surface area contributed by atoms with Gasteiger partial charge in [0.2, 0.25) is 5.95 Å². The fraction of sp³-hybridized carbons (Fsp3) is 0.385. The third-order valence-corrected chi connectivity index (χ3v) is 7.18. The molecular weight excluding hydrogens is 448 g/mol. The first-order chi connectivity index (χ1) is 16.8. The molecule has 0 saturated heterocycles. The van der Waals surface area contributed by atoms with E-state index in [2.05, 4.69) is 56.6 Å². The van der Waals surface area contributed by atoms with Gasteiger partial charge in [0.05, 0.1) is 11.7 Å². The molecule has 0 aliphatic carbocycles. The van der Waals surface area contributed by atoms with E-state index in [1.54, 1.807) is 6.07 Å². The van der Waals surface area contributed by atoms with Crippen LogP contribution in [0.3, 0.4) is 0 Å². The summed E-state index contributed by atoms with van der Waals surface area (Å²) >= 11 is 0. The monoisotopic (exact) mass is 475 g/mol. The molecule has 0 amide bonds. The van der Waals surface area contributed by atoms with E-state index in [4.69, 9.17) is 4.98 Å². The van der Waals surface area contributed by atoms with Gasteiger partial charge in [-0.2, -0.15) is 0 Å². The van der Waals surface area contributed by atoms with Crippen LogP contribution in [0.1, 0.15) is 44.3 Å². The number of imidazole rings is 1. The lowest BCUT2D eigenvalue weighted by atomic mass is 10.0. The standard InChI is InChI=1S/C26H27F2N7/c1-4-34-10-8-19-15(14-34)5-6-21(30-19)31-25-29-13-18(28)23(33-25)16-11-17(27)24-20(12-16)35-22(32-24)7-9-26(35,2)3/h5-6,11-13H,4,7-10,14H2,1-3H3,(H,29,30,31,33). The van der Waals surface area contributed by atoms with Crippen molar-refractivity contribution < 1.29 is 8.78 Å². The van der Waals surface area contributed by atoms with Crippen LogP contribution in [0.15, 0.2) is 30.5 Å². The van der Waals surface area contributed by atoms with Gasteiger partial charge in [-0.1, -0.05) is 13.0 Å². The van der Waals surface area contributed by atoms with Crippen molar-refractivity contribution in [3.63, 3.8) is 0 Å². The first-order valence-corrected chi connectivity index (χ1v) is 12.0. The number of aromatic nitrogens is 5. The van der Waals surface area contributed by atoms with Crippen LogP contribution < -0.4 is 5.32 Å². The Balaban J connectivity index is 1.35. The maximum absolute atomic E-state index is 15.1. The SMILES string of the molecule is CCN1CCc2nc(Nc3ncc(F)c(-c4cc(F)c5nc6n(c5c4)C(C)(C)CC6)n3)ccc2C1. The third-order valence-electron chi connectivity index (χ3n) is 7.18. The lowest BCUT2D eigenvalue weighted by Gasteiger charge is -2.27. The van der Waals surface area contributed by atoms with Crippen molar-refractivity contribution in [2.45, 2.75) is 52.1 Å². The van der Waals surface area contributed by atoms with Gasteiger partial charge in [0.15, 0.2) is 11.6 Å². The Labute approximate surface area is 202 Å². The van der Waals surface area contributed by atoms with Crippen LogP contribution >= 0.6 is 0 Å². The van der Waals surface area contributed by atoms with Gasteiger partial charge in [0.25, 0.3) is 0 Å². The number of nitrogens with zero attached hydrogens (tertiary/aromatic N) is 6. The lowest BCUT2D eigenvalue weighted by molar-refractivity contribution is 0.266. The van der Waals surface area contributed by atoms with Crippen molar-refractivity contribution in [1.82, 2.24) is 29.4 Å². The summed E-state index contributed by atoms with van der Waals surface area (Å²) in [4.78, 5) is 20.1. The summed E-state index contributed by atoms with van der Waals surface area (Å²) in [6.07, 6.45) is 3.70. The van der Waals surface area contributed by atoms with Crippen LogP contribution in [0, 0.1) is 11.6 Å². The van der Waals surface area contributed by atoms with Gasteiger partial charge in [-0.15, -0.1) is 0 Å². The van der Waals surface area contributed by atoms with E-state index in [9.17, 15) is 4.39 Å². The molecule has 7 nitrogen and oxygen atoms in total. The van der Waals surface area contributed by atoms with E-state index in [0.717, 1.165) is 56.6 Å². The predicted molar refractivity (Wildman–Crippen MR) is 130 cm³/mol. The van der Waals surface area contributed by atoms with Gasteiger partial charge in [0.1, 0.15) is 22.9 Å². The number of hydrogen-bond acceptors (Lipinski definition) is 6. The highest BCUT2D eigenvalue weighted by molar-refractivity contribution is 5.83. The van der Waals surface area contributed by atoms with E-state index >= 15 is 4.39 Å². The smallest absolute Gasteiger partial charge is 0.229 e.